The normalized spacial score (nSPS) is 13.0. The fourth-order valence-corrected chi connectivity index (χ4v) is 6.03. The lowest BCUT2D eigenvalue weighted by Crippen LogP contribution is -2.21. The van der Waals surface area contributed by atoms with Gasteiger partial charge in [-0.05, 0) is 48.7 Å². The largest absolute Gasteiger partial charge is 0.416 e. The number of nitro groups is 1. The second kappa shape index (κ2) is 9.63. The minimum Gasteiger partial charge on any atom is -0.274 e. The number of halogens is 3. The molecular weight excluding hydrogens is 531 g/mol. The molecule has 0 bridgehead atoms. The molecule has 0 spiro atoms. The topological polar surface area (TPSA) is 111 Å². The Morgan fingerprint density at radius 1 is 1.16 bits per heavy atom. The van der Waals surface area contributed by atoms with Crippen LogP contribution in [0.4, 0.5) is 19.0 Å². The Balaban J connectivity index is 2.08. The number of rotatable bonds is 7. The molecule has 13 heteroatoms. The number of alkyl halides is 3. The third-order valence-corrected chi connectivity index (χ3v) is 8.12. The Bertz CT molecular complexity index is 1590. The molecule has 4 rings (SSSR count). The van der Waals surface area contributed by atoms with E-state index in [4.69, 9.17) is 0 Å². The fraction of sp³-hybridized carbons (Fsp3) is 0.208. The summed E-state index contributed by atoms with van der Waals surface area (Å²) in [7, 11) is -4.34. The zero-order valence-electron chi connectivity index (χ0n) is 19.4. The van der Waals surface area contributed by atoms with Crippen LogP contribution in [0.1, 0.15) is 39.2 Å². The summed E-state index contributed by atoms with van der Waals surface area (Å²) >= 11 is 1.13. The average molecular weight is 552 g/mol. The summed E-state index contributed by atoms with van der Waals surface area (Å²) in [6, 6.07) is 11.6. The van der Waals surface area contributed by atoms with Crippen LogP contribution in [-0.2, 0) is 16.2 Å². The van der Waals surface area contributed by atoms with Crippen molar-refractivity contribution in [3.63, 3.8) is 0 Å². The van der Waals surface area contributed by atoms with Crippen LogP contribution in [0.15, 0.2) is 64.9 Å². The number of sulfonamides is 1. The lowest BCUT2D eigenvalue weighted by Gasteiger charge is -2.17. The molecule has 2 aromatic heterocycles. The van der Waals surface area contributed by atoms with Crippen molar-refractivity contribution in [2.75, 3.05) is 11.3 Å². The van der Waals surface area contributed by atoms with E-state index in [0.717, 1.165) is 46.6 Å². The Hall–Kier alpha value is -3.71. The molecule has 0 aliphatic rings. The van der Waals surface area contributed by atoms with Gasteiger partial charge in [0, 0.05) is 27.7 Å². The summed E-state index contributed by atoms with van der Waals surface area (Å²) in [4.78, 5) is 24.0. The van der Waals surface area contributed by atoms with E-state index in [-0.39, 0.29) is 27.2 Å². The van der Waals surface area contributed by atoms with Gasteiger partial charge in [-0.3, -0.25) is 24.2 Å². The van der Waals surface area contributed by atoms with Crippen molar-refractivity contribution in [3.8, 4) is 0 Å². The highest BCUT2D eigenvalue weighted by Crippen LogP contribution is 2.43. The van der Waals surface area contributed by atoms with Crippen LogP contribution in [0.3, 0.4) is 0 Å². The molecule has 0 amide bonds. The first kappa shape index (κ1) is 26.4. The summed E-state index contributed by atoms with van der Waals surface area (Å²) in [5.74, 6) is -2.18. The number of nitrogens with one attached hydrogen (secondary N) is 1. The van der Waals surface area contributed by atoms with E-state index >= 15 is 0 Å². The Kier molecular flexibility index (Phi) is 6.86. The fourth-order valence-electron chi connectivity index (χ4n) is 4.14. The van der Waals surface area contributed by atoms with E-state index in [1.54, 1.807) is 36.6 Å². The van der Waals surface area contributed by atoms with E-state index in [1.807, 2.05) is 0 Å². The first-order valence-electron chi connectivity index (χ1n) is 10.8. The van der Waals surface area contributed by atoms with Gasteiger partial charge in [-0.25, -0.2) is 8.42 Å². The first-order chi connectivity index (χ1) is 17.3. The summed E-state index contributed by atoms with van der Waals surface area (Å²) in [5, 5.41) is 13.2. The zero-order chi connectivity index (χ0) is 27.1. The number of hydrogen-bond donors (Lipinski definition) is 1. The smallest absolute Gasteiger partial charge is 0.274 e. The summed E-state index contributed by atoms with van der Waals surface area (Å²) in [5.41, 5.74) is -0.352. The number of carbonyl (C=O) groups excluding carboxylic acids is 1. The van der Waals surface area contributed by atoms with Crippen molar-refractivity contribution in [2.45, 2.75) is 30.8 Å². The monoisotopic (exact) mass is 551 g/mol. The maximum Gasteiger partial charge on any atom is 0.416 e. The summed E-state index contributed by atoms with van der Waals surface area (Å²) in [6.45, 7) is 2.14. The maximum atomic E-state index is 13.6. The van der Waals surface area contributed by atoms with Gasteiger partial charge in [-0.15, -0.1) is 11.3 Å². The van der Waals surface area contributed by atoms with Crippen molar-refractivity contribution < 1.29 is 31.3 Å². The van der Waals surface area contributed by atoms with Crippen LogP contribution in [0, 0.1) is 17.0 Å². The van der Waals surface area contributed by atoms with Crippen molar-refractivity contribution in [2.24, 2.45) is 0 Å². The van der Waals surface area contributed by atoms with Crippen LogP contribution in [0.5, 0.6) is 0 Å². The van der Waals surface area contributed by atoms with Gasteiger partial charge >= 0.3 is 6.18 Å². The standard InChI is InChI=1S/C24H20F3N3O5S2/c1-14-5-8-17(9-6-14)37(34,35)28-23-22(19(13-29(32)33)21-4-3-11-36-21)18-12-16(24(25,26)27)7-10-20(18)30(23)15(2)31/h3-12,19,28H,13H2,1-2H3. The van der Waals surface area contributed by atoms with E-state index in [9.17, 15) is 36.5 Å². The SMILES string of the molecule is CC(=O)n1c(NS(=O)(=O)c2ccc(C)cc2)c(C(C[N+](=O)[O-])c2cccs2)c2cc(C(F)(F)F)ccc21. The van der Waals surface area contributed by atoms with E-state index in [0.29, 0.717) is 4.88 Å². The molecule has 4 aromatic rings. The average Bonchev–Trinajstić information content (AvgIpc) is 3.43. The summed E-state index contributed by atoms with van der Waals surface area (Å²) in [6.07, 6.45) is -4.74. The molecule has 1 unspecified atom stereocenters. The second-order valence-electron chi connectivity index (χ2n) is 8.35. The highest BCUT2D eigenvalue weighted by atomic mass is 32.2. The minimum atomic E-state index is -4.74. The highest BCUT2D eigenvalue weighted by Gasteiger charge is 2.36. The predicted molar refractivity (Wildman–Crippen MR) is 133 cm³/mol. The molecule has 0 saturated carbocycles. The predicted octanol–water partition coefficient (Wildman–Crippen LogP) is 5.90. The van der Waals surface area contributed by atoms with Crippen molar-refractivity contribution in [3.05, 3.63) is 91.7 Å². The van der Waals surface area contributed by atoms with Gasteiger partial charge in [0.2, 0.25) is 12.5 Å². The number of thiophene rings is 1. The molecule has 0 radical (unpaired) electrons. The van der Waals surface area contributed by atoms with Gasteiger partial charge < -0.3 is 0 Å². The minimum absolute atomic E-state index is 0.0120. The number of aromatic nitrogens is 1. The van der Waals surface area contributed by atoms with Crippen molar-refractivity contribution in [1.29, 1.82) is 0 Å². The third kappa shape index (κ3) is 5.23. The number of hydrogen-bond acceptors (Lipinski definition) is 6. The number of carbonyl (C=O) groups is 1. The highest BCUT2D eigenvalue weighted by molar-refractivity contribution is 7.92. The molecule has 0 aliphatic heterocycles. The third-order valence-electron chi connectivity index (χ3n) is 5.78. The van der Waals surface area contributed by atoms with E-state index < -0.39 is 45.1 Å². The van der Waals surface area contributed by atoms with Crippen molar-refractivity contribution >= 4 is 44.0 Å². The molecule has 194 valence electrons. The van der Waals surface area contributed by atoms with Gasteiger partial charge in [-0.1, -0.05) is 23.8 Å². The molecule has 0 saturated heterocycles. The molecule has 1 N–H and O–H groups in total. The van der Waals surface area contributed by atoms with Crippen LogP contribution in [-0.4, -0.2) is 30.4 Å². The lowest BCUT2D eigenvalue weighted by molar-refractivity contribution is -0.481. The van der Waals surface area contributed by atoms with Gasteiger partial charge in [0.15, 0.2) is 0 Å². The quantitative estimate of drug-likeness (QED) is 0.227. The molecule has 1 atom stereocenters. The second-order valence-corrected chi connectivity index (χ2v) is 11.0. The lowest BCUT2D eigenvalue weighted by atomic mass is 9.95. The summed E-state index contributed by atoms with van der Waals surface area (Å²) < 4.78 is 70.8. The Morgan fingerprint density at radius 3 is 2.38 bits per heavy atom. The molecule has 2 aromatic carbocycles. The van der Waals surface area contributed by atoms with E-state index in [2.05, 4.69) is 4.72 Å². The first-order valence-corrected chi connectivity index (χ1v) is 13.2. The van der Waals surface area contributed by atoms with Gasteiger partial charge in [0.25, 0.3) is 10.0 Å². The molecule has 2 heterocycles. The number of aryl methyl sites for hydroxylation is 1. The number of nitrogens with zero attached hydrogens (tertiary/aromatic N) is 2. The van der Waals surface area contributed by atoms with Gasteiger partial charge in [-0.2, -0.15) is 13.2 Å². The van der Waals surface area contributed by atoms with Crippen LogP contribution in [0.2, 0.25) is 0 Å². The molecular formula is C24H20F3N3O5S2. The number of fused-ring (bicyclic) bond motifs is 1. The van der Waals surface area contributed by atoms with Crippen LogP contribution < -0.4 is 4.72 Å². The molecule has 8 nitrogen and oxygen atoms in total. The maximum absolute atomic E-state index is 13.6. The molecule has 0 aliphatic carbocycles. The number of anilines is 1. The van der Waals surface area contributed by atoms with Crippen molar-refractivity contribution in [1.82, 2.24) is 4.57 Å². The van der Waals surface area contributed by atoms with Crippen LogP contribution >= 0.6 is 11.3 Å². The Labute approximate surface area is 213 Å². The molecule has 0 fully saturated rings. The van der Waals surface area contributed by atoms with Gasteiger partial charge in [0.1, 0.15) is 5.82 Å². The zero-order valence-corrected chi connectivity index (χ0v) is 21.1. The number of benzene rings is 2. The van der Waals surface area contributed by atoms with Gasteiger partial charge in [0.05, 0.1) is 21.9 Å². The van der Waals surface area contributed by atoms with E-state index in [1.165, 1.54) is 12.1 Å². The Morgan fingerprint density at radius 2 is 1.84 bits per heavy atom. The van der Waals surface area contributed by atoms with Crippen LogP contribution in [0.25, 0.3) is 10.9 Å². The molecule has 37 heavy (non-hydrogen) atoms.